The van der Waals surface area contributed by atoms with Gasteiger partial charge in [0.1, 0.15) is 6.04 Å². The SMILES string of the molecule is C=CC(N(C(C)=O)C(COC)c1ccccc1)C(F)(F)F. The van der Waals surface area contributed by atoms with Crippen LogP contribution in [-0.4, -0.2) is 36.7 Å². The minimum Gasteiger partial charge on any atom is -0.382 e. The van der Waals surface area contributed by atoms with E-state index in [-0.39, 0.29) is 6.61 Å². The zero-order chi connectivity index (χ0) is 16.0. The van der Waals surface area contributed by atoms with Gasteiger partial charge in [-0.25, -0.2) is 0 Å². The smallest absolute Gasteiger partial charge is 0.382 e. The lowest BCUT2D eigenvalue weighted by Gasteiger charge is -2.37. The second kappa shape index (κ2) is 7.26. The number of carbonyl (C=O) groups excluding carboxylic acids is 1. The number of benzene rings is 1. The molecule has 0 aliphatic rings. The number of amides is 1. The minimum absolute atomic E-state index is 0.0377. The van der Waals surface area contributed by atoms with Crippen molar-refractivity contribution >= 4 is 5.91 Å². The van der Waals surface area contributed by atoms with Gasteiger partial charge in [0.05, 0.1) is 12.6 Å². The molecule has 0 saturated carbocycles. The fourth-order valence-corrected chi connectivity index (χ4v) is 2.18. The van der Waals surface area contributed by atoms with E-state index in [0.29, 0.717) is 5.56 Å². The lowest BCUT2D eigenvalue weighted by Crippen LogP contribution is -2.49. The third kappa shape index (κ3) is 4.32. The molecule has 0 heterocycles. The molecule has 3 nitrogen and oxygen atoms in total. The van der Waals surface area contributed by atoms with Crippen LogP contribution in [0.25, 0.3) is 0 Å². The molecule has 116 valence electrons. The third-order valence-electron chi connectivity index (χ3n) is 3.07. The van der Waals surface area contributed by atoms with E-state index in [4.69, 9.17) is 4.74 Å². The molecule has 0 aliphatic carbocycles. The highest BCUT2D eigenvalue weighted by atomic mass is 19.4. The molecule has 1 amide bonds. The Kier molecular flexibility index (Phi) is 5.96. The number of rotatable bonds is 6. The second-order valence-corrected chi connectivity index (χ2v) is 4.53. The van der Waals surface area contributed by atoms with Crippen molar-refractivity contribution in [2.75, 3.05) is 13.7 Å². The summed E-state index contributed by atoms with van der Waals surface area (Å²) >= 11 is 0. The fraction of sp³-hybridized carbons (Fsp3) is 0.400. The van der Waals surface area contributed by atoms with E-state index in [0.717, 1.165) is 17.9 Å². The molecule has 1 aromatic rings. The summed E-state index contributed by atoms with van der Waals surface area (Å²) in [6, 6.07) is 5.58. The van der Waals surface area contributed by atoms with Crippen molar-refractivity contribution in [3.05, 3.63) is 48.6 Å². The third-order valence-corrected chi connectivity index (χ3v) is 3.07. The van der Waals surface area contributed by atoms with Crippen LogP contribution in [0.4, 0.5) is 13.2 Å². The van der Waals surface area contributed by atoms with Crippen LogP contribution in [0, 0.1) is 0 Å². The average Bonchev–Trinajstić information content (AvgIpc) is 2.42. The lowest BCUT2D eigenvalue weighted by molar-refractivity contribution is -0.185. The number of methoxy groups -OCH3 is 1. The van der Waals surface area contributed by atoms with E-state index in [1.165, 1.54) is 7.11 Å². The predicted octanol–water partition coefficient (Wildman–Crippen LogP) is 3.34. The van der Waals surface area contributed by atoms with Gasteiger partial charge in [0.25, 0.3) is 0 Å². The Morgan fingerprint density at radius 1 is 1.38 bits per heavy atom. The van der Waals surface area contributed by atoms with Gasteiger partial charge in [0.15, 0.2) is 0 Å². The van der Waals surface area contributed by atoms with Crippen molar-refractivity contribution in [2.45, 2.75) is 25.2 Å². The van der Waals surface area contributed by atoms with Crippen LogP contribution in [0.2, 0.25) is 0 Å². The maximum Gasteiger partial charge on any atom is 0.412 e. The molecule has 2 unspecified atom stereocenters. The topological polar surface area (TPSA) is 29.5 Å². The van der Waals surface area contributed by atoms with E-state index in [9.17, 15) is 18.0 Å². The van der Waals surface area contributed by atoms with Gasteiger partial charge in [-0.3, -0.25) is 4.79 Å². The Balaban J connectivity index is 3.27. The van der Waals surface area contributed by atoms with Crippen molar-refractivity contribution in [3.63, 3.8) is 0 Å². The van der Waals surface area contributed by atoms with E-state index in [2.05, 4.69) is 6.58 Å². The molecule has 0 saturated heterocycles. The van der Waals surface area contributed by atoms with Crippen LogP contribution in [0.3, 0.4) is 0 Å². The summed E-state index contributed by atoms with van der Waals surface area (Å²) in [6.45, 7) is 4.28. The molecule has 21 heavy (non-hydrogen) atoms. The summed E-state index contributed by atoms with van der Waals surface area (Å²) in [5.41, 5.74) is 0.575. The van der Waals surface area contributed by atoms with Crippen molar-refractivity contribution in [3.8, 4) is 0 Å². The number of ether oxygens (including phenoxy) is 1. The zero-order valence-corrected chi connectivity index (χ0v) is 11.9. The highest BCUT2D eigenvalue weighted by molar-refractivity contribution is 5.74. The van der Waals surface area contributed by atoms with Crippen LogP contribution < -0.4 is 0 Å². The maximum atomic E-state index is 13.1. The molecule has 1 rings (SSSR count). The Bertz CT molecular complexity index is 474. The summed E-state index contributed by atoms with van der Waals surface area (Å²) in [4.78, 5) is 12.6. The maximum absolute atomic E-state index is 13.1. The van der Waals surface area contributed by atoms with Gasteiger partial charge in [-0.1, -0.05) is 36.4 Å². The number of alkyl halides is 3. The molecule has 6 heteroatoms. The largest absolute Gasteiger partial charge is 0.412 e. The van der Waals surface area contributed by atoms with Gasteiger partial charge in [-0.05, 0) is 5.56 Å². The van der Waals surface area contributed by atoms with E-state index < -0.39 is 24.2 Å². The second-order valence-electron chi connectivity index (χ2n) is 4.53. The van der Waals surface area contributed by atoms with E-state index >= 15 is 0 Å². The van der Waals surface area contributed by atoms with E-state index in [1.54, 1.807) is 30.3 Å². The molecule has 0 aromatic heterocycles. The highest BCUT2D eigenvalue weighted by Gasteiger charge is 2.45. The summed E-state index contributed by atoms with van der Waals surface area (Å²) in [6.07, 6.45) is -3.86. The van der Waals surface area contributed by atoms with Crippen LogP contribution in [0.1, 0.15) is 18.5 Å². The minimum atomic E-state index is -4.59. The first-order chi connectivity index (χ1) is 9.82. The molecule has 0 aliphatic heterocycles. The number of hydrogen-bond acceptors (Lipinski definition) is 2. The normalized spacial score (nSPS) is 14.3. The number of nitrogens with zero attached hydrogens (tertiary/aromatic N) is 1. The molecule has 0 radical (unpaired) electrons. The van der Waals surface area contributed by atoms with Gasteiger partial charge in [-0.2, -0.15) is 13.2 Å². The quantitative estimate of drug-likeness (QED) is 0.754. The number of carbonyl (C=O) groups is 1. The lowest BCUT2D eigenvalue weighted by atomic mass is 10.0. The van der Waals surface area contributed by atoms with Gasteiger partial charge in [-0.15, -0.1) is 6.58 Å². The monoisotopic (exact) mass is 301 g/mol. The summed E-state index contributed by atoms with van der Waals surface area (Å²) in [7, 11) is 1.38. The Hall–Kier alpha value is -1.82. The van der Waals surface area contributed by atoms with Crippen molar-refractivity contribution in [1.82, 2.24) is 4.90 Å². The molecule has 0 N–H and O–H groups in total. The van der Waals surface area contributed by atoms with Crippen LogP contribution in [-0.2, 0) is 9.53 Å². The molecule has 0 bridgehead atoms. The molecule has 2 atom stereocenters. The van der Waals surface area contributed by atoms with Gasteiger partial charge in [0, 0.05) is 14.0 Å². The van der Waals surface area contributed by atoms with Crippen LogP contribution in [0.5, 0.6) is 0 Å². The van der Waals surface area contributed by atoms with Gasteiger partial charge >= 0.3 is 6.18 Å². The average molecular weight is 301 g/mol. The standard InChI is InChI=1S/C15H18F3NO2/c1-4-14(15(16,17)18)19(11(2)20)13(10-21-3)12-8-6-5-7-9-12/h4-9,13-14H,1,10H2,2-3H3. The zero-order valence-electron chi connectivity index (χ0n) is 11.9. The Morgan fingerprint density at radius 3 is 2.33 bits per heavy atom. The molecule has 1 aromatic carbocycles. The Labute approximate surface area is 122 Å². The number of halogens is 3. The van der Waals surface area contributed by atoms with Crippen molar-refractivity contribution in [1.29, 1.82) is 0 Å². The summed E-state index contributed by atoms with van der Waals surface area (Å²) < 4.78 is 44.4. The summed E-state index contributed by atoms with van der Waals surface area (Å²) in [5, 5.41) is 0. The Morgan fingerprint density at radius 2 is 1.95 bits per heavy atom. The van der Waals surface area contributed by atoms with Crippen LogP contribution in [0.15, 0.2) is 43.0 Å². The predicted molar refractivity (Wildman–Crippen MR) is 73.6 cm³/mol. The summed E-state index contributed by atoms with van der Waals surface area (Å²) in [5.74, 6) is -0.692. The molecule has 0 spiro atoms. The first kappa shape index (κ1) is 17.2. The van der Waals surface area contributed by atoms with Gasteiger partial charge < -0.3 is 9.64 Å². The molecular formula is C15H18F3NO2. The first-order valence-electron chi connectivity index (χ1n) is 6.35. The van der Waals surface area contributed by atoms with Crippen molar-refractivity contribution < 1.29 is 22.7 Å². The van der Waals surface area contributed by atoms with Crippen molar-refractivity contribution in [2.24, 2.45) is 0 Å². The first-order valence-corrected chi connectivity index (χ1v) is 6.35. The molecule has 0 fully saturated rings. The van der Waals surface area contributed by atoms with E-state index in [1.807, 2.05) is 0 Å². The molecular weight excluding hydrogens is 283 g/mol. The van der Waals surface area contributed by atoms with Crippen LogP contribution >= 0.6 is 0 Å². The van der Waals surface area contributed by atoms with Gasteiger partial charge in [0.2, 0.25) is 5.91 Å². The fourth-order valence-electron chi connectivity index (χ4n) is 2.18. The highest BCUT2D eigenvalue weighted by Crippen LogP contribution is 2.32. The number of hydrogen-bond donors (Lipinski definition) is 0.